The van der Waals surface area contributed by atoms with Crippen molar-refractivity contribution in [2.75, 3.05) is 20.8 Å². The molecule has 0 unspecified atom stereocenters. The molecule has 0 radical (unpaired) electrons. The molecule has 1 aliphatic rings. The molecular weight excluding hydrogens is 434 g/mol. The topological polar surface area (TPSA) is 96.6 Å². The molecule has 0 aliphatic heterocycles. The summed E-state index contributed by atoms with van der Waals surface area (Å²) in [5.41, 5.74) is 3.93. The predicted octanol–water partition coefficient (Wildman–Crippen LogP) is 3.51. The third-order valence-corrected chi connectivity index (χ3v) is 5.48. The molecule has 0 N–H and O–H groups in total. The molecule has 170 valence electrons. The first-order chi connectivity index (χ1) is 16.1. The molecule has 0 bridgehead atoms. The fourth-order valence-electron chi connectivity index (χ4n) is 3.85. The minimum Gasteiger partial charge on any atom is -0.486 e. The summed E-state index contributed by atoms with van der Waals surface area (Å²) in [6, 6.07) is 5.66. The predicted molar refractivity (Wildman–Crippen MR) is 113 cm³/mol. The lowest BCUT2D eigenvalue weighted by atomic mass is 10.1. The Balaban J connectivity index is 1.45. The van der Waals surface area contributed by atoms with Crippen molar-refractivity contribution in [3.05, 3.63) is 54.2 Å². The van der Waals surface area contributed by atoms with Gasteiger partial charge in [0.15, 0.2) is 5.65 Å². The molecule has 0 aromatic carbocycles. The minimum absolute atomic E-state index is 0.180. The van der Waals surface area contributed by atoms with Crippen molar-refractivity contribution in [3.8, 4) is 28.9 Å². The average molecular weight is 454 g/mol. The van der Waals surface area contributed by atoms with Gasteiger partial charge in [-0.1, -0.05) is 0 Å². The fraction of sp³-hybridized carbons (Fsp3) is 0.318. The van der Waals surface area contributed by atoms with E-state index in [9.17, 15) is 8.78 Å². The Bertz CT molecular complexity index is 1280. The monoisotopic (exact) mass is 454 g/mol. The number of methoxy groups -OCH3 is 2. The zero-order valence-corrected chi connectivity index (χ0v) is 17.9. The summed E-state index contributed by atoms with van der Waals surface area (Å²) in [5.74, 6) is 1.04. The first kappa shape index (κ1) is 21.0. The van der Waals surface area contributed by atoms with Gasteiger partial charge < -0.3 is 14.2 Å². The van der Waals surface area contributed by atoms with E-state index in [1.54, 1.807) is 29.2 Å². The highest BCUT2D eigenvalue weighted by Gasteiger charge is 2.42. The Labute approximate surface area is 187 Å². The van der Waals surface area contributed by atoms with E-state index in [0.717, 1.165) is 23.3 Å². The number of rotatable bonds is 8. The molecule has 0 amide bonds. The molecular formula is C22H20F2N6O3. The Morgan fingerprint density at radius 3 is 2.70 bits per heavy atom. The van der Waals surface area contributed by atoms with Crippen LogP contribution in [0.5, 0.6) is 17.6 Å². The highest BCUT2D eigenvalue weighted by Crippen LogP contribution is 2.55. The van der Waals surface area contributed by atoms with Gasteiger partial charge in [0, 0.05) is 35.8 Å². The van der Waals surface area contributed by atoms with Crippen molar-refractivity contribution in [2.24, 2.45) is 0 Å². The summed E-state index contributed by atoms with van der Waals surface area (Å²) in [4.78, 5) is 17.3. The Morgan fingerprint density at radius 1 is 1.09 bits per heavy atom. The van der Waals surface area contributed by atoms with E-state index in [2.05, 4.69) is 25.0 Å². The van der Waals surface area contributed by atoms with Gasteiger partial charge in [0.25, 0.3) is 6.43 Å². The zero-order chi connectivity index (χ0) is 22.9. The summed E-state index contributed by atoms with van der Waals surface area (Å²) in [6.07, 6.45) is 4.93. The van der Waals surface area contributed by atoms with Crippen molar-refractivity contribution in [1.29, 1.82) is 0 Å². The first-order valence-corrected chi connectivity index (χ1v) is 10.2. The summed E-state index contributed by atoms with van der Waals surface area (Å²) in [5, 5.41) is 4.64. The highest BCUT2D eigenvalue weighted by molar-refractivity contribution is 5.68. The van der Waals surface area contributed by atoms with E-state index in [0.29, 0.717) is 22.9 Å². The molecule has 5 rings (SSSR count). The standard InChI is InChI=1S/C22H20F2N6O3/c1-31-21-16(10-27-22(28-21)32-2)18-8-15(20-25-5-6-30(20)29-18)13-7-14(13)17-4-3-12(9-26-17)33-11-19(23)24/h3-6,8-10,13-14,19H,7,11H2,1-2H3/t13-,14-/m0/s1. The number of alkyl halides is 2. The lowest BCUT2D eigenvalue weighted by molar-refractivity contribution is 0.0817. The number of hydrogen-bond acceptors (Lipinski definition) is 8. The van der Waals surface area contributed by atoms with Gasteiger partial charge in [0.2, 0.25) is 5.88 Å². The number of pyridine rings is 1. The fourth-order valence-corrected chi connectivity index (χ4v) is 3.85. The van der Waals surface area contributed by atoms with Crippen LogP contribution in [0, 0.1) is 0 Å². The Hall–Kier alpha value is -3.89. The lowest BCUT2D eigenvalue weighted by Crippen LogP contribution is -2.07. The molecule has 9 nitrogen and oxygen atoms in total. The summed E-state index contributed by atoms with van der Waals surface area (Å²) < 4.78 is 41.9. The number of fused-ring (bicyclic) bond motifs is 1. The van der Waals surface area contributed by atoms with Crippen molar-refractivity contribution in [1.82, 2.24) is 29.5 Å². The first-order valence-electron chi connectivity index (χ1n) is 10.2. The maximum Gasteiger partial charge on any atom is 0.319 e. The van der Waals surface area contributed by atoms with E-state index in [-0.39, 0.29) is 17.8 Å². The second-order valence-electron chi connectivity index (χ2n) is 7.53. The van der Waals surface area contributed by atoms with Gasteiger partial charge in [-0.25, -0.2) is 23.3 Å². The van der Waals surface area contributed by atoms with Crippen LogP contribution in [0.15, 0.2) is 43.0 Å². The molecule has 33 heavy (non-hydrogen) atoms. The van der Waals surface area contributed by atoms with Gasteiger partial charge in [0.1, 0.15) is 12.4 Å². The molecule has 4 heterocycles. The third kappa shape index (κ3) is 4.13. The van der Waals surface area contributed by atoms with E-state index >= 15 is 0 Å². The van der Waals surface area contributed by atoms with E-state index in [4.69, 9.17) is 14.2 Å². The van der Waals surface area contributed by atoms with Crippen LogP contribution in [-0.2, 0) is 0 Å². The van der Waals surface area contributed by atoms with E-state index in [1.807, 2.05) is 12.1 Å². The Morgan fingerprint density at radius 2 is 1.97 bits per heavy atom. The SMILES string of the molecule is COc1ncc(-c2cc([C@H]3C[C@@H]3c3ccc(OCC(F)F)cn3)c3nccn3n2)c(OC)n1. The van der Waals surface area contributed by atoms with Gasteiger partial charge in [-0.05, 0) is 30.5 Å². The van der Waals surface area contributed by atoms with Crippen LogP contribution >= 0.6 is 0 Å². The van der Waals surface area contributed by atoms with Gasteiger partial charge in [0.05, 0.1) is 31.7 Å². The smallest absolute Gasteiger partial charge is 0.319 e. The van der Waals surface area contributed by atoms with Gasteiger partial charge in [-0.3, -0.25) is 4.98 Å². The number of imidazole rings is 1. The lowest BCUT2D eigenvalue weighted by Gasteiger charge is -2.10. The second-order valence-corrected chi connectivity index (χ2v) is 7.53. The van der Waals surface area contributed by atoms with E-state index < -0.39 is 13.0 Å². The van der Waals surface area contributed by atoms with Crippen LogP contribution < -0.4 is 14.2 Å². The van der Waals surface area contributed by atoms with Crippen molar-refractivity contribution in [3.63, 3.8) is 0 Å². The molecule has 1 aliphatic carbocycles. The maximum atomic E-state index is 12.3. The molecule has 2 atom stereocenters. The van der Waals surface area contributed by atoms with Crippen molar-refractivity contribution < 1.29 is 23.0 Å². The number of ether oxygens (including phenoxy) is 3. The molecule has 0 saturated heterocycles. The van der Waals surface area contributed by atoms with Crippen LogP contribution in [-0.4, -0.2) is 56.8 Å². The van der Waals surface area contributed by atoms with Crippen LogP contribution in [0.4, 0.5) is 8.78 Å². The Kier molecular flexibility index (Phi) is 5.45. The third-order valence-electron chi connectivity index (χ3n) is 5.48. The largest absolute Gasteiger partial charge is 0.486 e. The van der Waals surface area contributed by atoms with Crippen LogP contribution in [0.2, 0.25) is 0 Å². The van der Waals surface area contributed by atoms with Crippen molar-refractivity contribution in [2.45, 2.75) is 24.7 Å². The molecule has 1 fully saturated rings. The molecule has 4 aromatic rings. The molecule has 11 heteroatoms. The quantitative estimate of drug-likeness (QED) is 0.399. The molecule has 1 saturated carbocycles. The maximum absolute atomic E-state index is 12.3. The summed E-state index contributed by atoms with van der Waals surface area (Å²) in [6.45, 7) is -0.650. The average Bonchev–Trinajstić information content (AvgIpc) is 3.49. The minimum atomic E-state index is -2.52. The van der Waals surface area contributed by atoms with Crippen LogP contribution in [0.25, 0.3) is 16.9 Å². The van der Waals surface area contributed by atoms with Gasteiger partial charge >= 0.3 is 6.01 Å². The number of nitrogens with zero attached hydrogens (tertiary/aromatic N) is 6. The van der Waals surface area contributed by atoms with Gasteiger partial charge in [-0.2, -0.15) is 10.1 Å². The number of hydrogen-bond donors (Lipinski definition) is 0. The molecule has 4 aromatic heterocycles. The zero-order valence-electron chi connectivity index (χ0n) is 17.9. The van der Waals surface area contributed by atoms with Gasteiger partial charge in [-0.15, -0.1) is 0 Å². The summed E-state index contributed by atoms with van der Waals surface area (Å²) in [7, 11) is 3.01. The van der Waals surface area contributed by atoms with E-state index in [1.165, 1.54) is 20.4 Å². The molecule has 0 spiro atoms. The number of aromatic nitrogens is 6. The highest BCUT2D eigenvalue weighted by atomic mass is 19.3. The van der Waals surface area contributed by atoms with Crippen LogP contribution in [0.3, 0.4) is 0 Å². The van der Waals surface area contributed by atoms with Crippen LogP contribution in [0.1, 0.15) is 29.5 Å². The summed E-state index contributed by atoms with van der Waals surface area (Å²) >= 11 is 0. The normalized spacial score (nSPS) is 17.4. The number of halogens is 2. The second kappa shape index (κ2) is 8.57. The van der Waals surface area contributed by atoms with Crippen molar-refractivity contribution >= 4 is 5.65 Å².